The van der Waals surface area contributed by atoms with E-state index in [4.69, 9.17) is 12.2 Å². The van der Waals surface area contributed by atoms with E-state index in [1.807, 2.05) is 35.2 Å². The third-order valence-corrected chi connectivity index (χ3v) is 8.75. The second-order valence-corrected chi connectivity index (χ2v) is 11.4. The molecule has 0 aromatic heterocycles. The van der Waals surface area contributed by atoms with Crippen LogP contribution in [0.25, 0.3) is 5.57 Å². The van der Waals surface area contributed by atoms with Gasteiger partial charge in [-0.15, -0.1) is 0 Å². The van der Waals surface area contributed by atoms with E-state index in [9.17, 15) is 9.18 Å². The zero-order valence-corrected chi connectivity index (χ0v) is 24.1. The Labute approximate surface area is 246 Å². The molecule has 7 heteroatoms. The van der Waals surface area contributed by atoms with Gasteiger partial charge in [0.1, 0.15) is 5.82 Å². The third-order valence-electron chi connectivity index (χ3n) is 8.27. The van der Waals surface area contributed by atoms with E-state index in [1.54, 1.807) is 12.1 Å². The van der Waals surface area contributed by atoms with Crippen molar-refractivity contribution in [1.82, 2.24) is 15.5 Å². The molecule has 0 spiro atoms. The number of nitrogens with zero attached hydrogens (tertiary/aromatic N) is 2. The minimum Gasteiger partial charge on any atom is -0.352 e. The van der Waals surface area contributed by atoms with Crippen LogP contribution in [0, 0.1) is 11.7 Å². The number of carbonyl (C=O) groups excluding carboxylic acids is 1. The summed E-state index contributed by atoms with van der Waals surface area (Å²) in [5.41, 5.74) is 6.66. The van der Waals surface area contributed by atoms with Crippen molar-refractivity contribution in [1.29, 1.82) is 0 Å². The number of piperazine rings is 1. The first kappa shape index (κ1) is 27.5. The molecule has 2 atom stereocenters. The average Bonchev–Trinajstić information content (AvgIpc) is 3.40. The Kier molecular flexibility index (Phi) is 8.10. The second-order valence-electron chi connectivity index (χ2n) is 11.0. The average molecular weight is 567 g/mol. The Bertz CT molecular complexity index is 1520. The van der Waals surface area contributed by atoms with Gasteiger partial charge in [-0.3, -0.25) is 9.69 Å². The van der Waals surface area contributed by atoms with Crippen molar-refractivity contribution >= 4 is 34.4 Å². The predicted molar refractivity (Wildman–Crippen MR) is 167 cm³/mol. The standard InChI is InChI=1S/C34H35FN4OS/c1-23-18-28-27-13-12-25(20-31(27)39(34(41)29(28)19-23)22-26-10-5-6-11-30(26)35)33(40)37-14-7-16-38-17-15-36-21-32(38)24-8-3-2-4-9-24/h2-6,8-13,18-20,29,32,36H,7,14-17,21-22H2,1H3,(H,37,40). The molecule has 1 saturated heterocycles. The highest BCUT2D eigenvalue weighted by atomic mass is 32.1. The molecule has 5 nitrogen and oxygen atoms in total. The second kappa shape index (κ2) is 12.1. The number of allylic oxidation sites excluding steroid dienone is 2. The SMILES string of the molecule is CC1=CC2C(=S)N(Cc3ccccc3F)c3cc(C(=O)NCCCN4CCNCC4c4ccccc4)ccc3C2=C1. The molecular formula is C34H35FN4OS. The molecule has 1 aliphatic carbocycles. The maximum Gasteiger partial charge on any atom is 0.251 e. The fraction of sp³-hybridized carbons (Fsp3) is 0.294. The van der Waals surface area contributed by atoms with Crippen molar-refractivity contribution in [2.45, 2.75) is 25.9 Å². The van der Waals surface area contributed by atoms with Crippen molar-refractivity contribution in [3.05, 3.63) is 119 Å². The van der Waals surface area contributed by atoms with Gasteiger partial charge in [0.25, 0.3) is 5.91 Å². The number of thiocarbonyl (C=S) groups is 1. The maximum absolute atomic E-state index is 14.6. The molecule has 3 aromatic carbocycles. The van der Waals surface area contributed by atoms with E-state index < -0.39 is 0 Å². The number of benzene rings is 3. The quantitative estimate of drug-likeness (QED) is 0.263. The molecule has 3 aromatic rings. The molecule has 210 valence electrons. The lowest BCUT2D eigenvalue weighted by Gasteiger charge is -2.37. The first-order chi connectivity index (χ1) is 20.0. The highest BCUT2D eigenvalue weighted by molar-refractivity contribution is 7.80. The molecule has 2 N–H and O–H groups in total. The summed E-state index contributed by atoms with van der Waals surface area (Å²) in [5, 5.41) is 6.63. The maximum atomic E-state index is 14.6. The smallest absolute Gasteiger partial charge is 0.251 e. The number of hydrogen-bond donors (Lipinski definition) is 2. The zero-order valence-electron chi connectivity index (χ0n) is 23.3. The lowest BCUT2D eigenvalue weighted by Crippen LogP contribution is -2.46. The molecule has 6 rings (SSSR count). The number of rotatable bonds is 8. The third kappa shape index (κ3) is 5.75. The van der Waals surface area contributed by atoms with E-state index in [2.05, 4.69) is 58.9 Å². The van der Waals surface area contributed by atoms with Crippen molar-refractivity contribution in [2.75, 3.05) is 37.6 Å². The van der Waals surface area contributed by atoms with Gasteiger partial charge in [-0.1, -0.05) is 84.5 Å². The van der Waals surface area contributed by atoms with Crippen LogP contribution in [0.2, 0.25) is 0 Å². The van der Waals surface area contributed by atoms with Gasteiger partial charge >= 0.3 is 0 Å². The van der Waals surface area contributed by atoms with E-state index in [-0.39, 0.29) is 17.6 Å². The minimum absolute atomic E-state index is 0.0198. The van der Waals surface area contributed by atoms with Crippen molar-refractivity contribution in [3.8, 4) is 0 Å². The van der Waals surface area contributed by atoms with Crippen LogP contribution < -0.4 is 15.5 Å². The summed E-state index contributed by atoms with van der Waals surface area (Å²) in [6.45, 7) is 6.78. The topological polar surface area (TPSA) is 47.6 Å². The first-order valence-electron chi connectivity index (χ1n) is 14.4. The molecule has 41 heavy (non-hydrogen) atoms. The number of anilines is 1. The molecule has 1 amide bonds. The van der Waals surface area contributed by atoms with Crippen molar-refractivity contribution in [3.63, 3.8) is 0 Å². The Balaban J connectivity index is 1.16. The lowest BCUT2D eigenvalue weighted by molar-refractivity contribution is 0.0948. The van der Waals surface area contributed by atoms with Gasteiger partial charge in [-0.2, -0.15) is 0 Å². The van der Waals surface area contributed by atoms with Gasteiger partial charge in [0.2, 0.25) is 0 Å². The summed E-state index contributed by atoms with van der Waals surface area (Å²) in [6.07, 6.45) is 5.19. The molecular weight excluding hydrogens is 531 g/mol. The summed E-state index contributed by atoms with van der Waals surface area (Å²) in [5.74, 6) is -0.390. The van der Waals surface area contributed by atoms with Crippen LogP contribution in [0.4, 0.5) is 10.1 Å². The lowest BCUT2D eigenvalue weighted by atomic mass is 9.88. The van der Waals surface area contributed by atoms with Crippen LogP contribution in [0.3, 0.4) is 0 Å². The number of hydrogen-bond acceptors (Lipinski definition) is 4. The number of carbonyl (C=O) groups is 1. The number of fused-ring (bicyclic) bond motifs is 3. The fourth-order valence-electron chi connectivity index (χ4n) is 6.18. The highest BCUT2D eigenvalue weighted by Crippen LogP contribution is 2.45. The van der Waals surface area contributed by atoms with Gasteiger partial charge in [0.15, 0.2) is 0 Å². The fourth-order valence-corrected chi connectivity index (χ4v) is 6.53. The van der Waals surface area contributed by atoms with E-state index >= 15 is 0 Å². The molecule has 0 saturated carbocycles. The Hall–Kier alpha value is -3.65. The van der Waals surface area contributed by atoms with Gasteiger partial charge in [-0.25, -0.2) is 4.39 Å². The first-order valence-corrected chi connectivity index (χ1v) is 14.8. The molecule has 0 bridgehead atoms. The van der Waals surface area contributed by atoms with Gasteiger partial charge < -0.3 is 15.5 Å². The molecule has 0 radical (unpaired) electrons. The Morgan fingerprint density at radius 2 is 1.90 bits per heavy atom. The molecule has 2 heterocycles. The summed E-state index contributed by atoms with van der Waals surface area (Å²) in [6, 6.07) is 23.5. The molecule has 3 aliphatic rings. The largest absolute Gasteiger partial charge is 0.352 e. The number of amides is 1. The van der Waals surface area contributed by atoms with E-state index in [0.29, 0.717) is 30.3 Å². The Morgan fingerprint density at radius 3 is 2.73 bits per heavy atom. The van der Waals surface area contributed by atoms with Crippen molar-refractivity contribution < 1.29 is 9.18 Å². The van der Waals surface area contributed by atoms with E-state index in [0.717, 1.165) is 60.0 Å². The van der Waals surface area contributed by atoms with Crippen LogP contribution in [-0.2, 0) is 6.54 Å². The van der Waals surface area contributed by atoms with E-state index in [1.165, 1.54) is 11.6 Å². The van der Waals surface area contributed by atoms with Gasteiger partial charge in [0, 0.05) is 55.5 Å². The Morgan fingerprint density at radius 1 is 1.10 bits per heavy atom. The van der Waals surface area contributed by atoms with Crippen LogP contribution in [-0.4, -0.2) is 48.5 Å². The van der Waals surface area contributed by atoms with Crippen molar-refractivity contribution in [2.24, 2.45) is 5.92 Å². The van der Waals surface area contributed by atoms with Crippen LogP contribution in [0.1, 0.15) is 46.4 Å². The normalized spacial score (nSPS) is 20.2. The zero-order chi connectivity index (χ0) is 28.3. The predicted octanol–water partition coefficient (Wildman–Crippen LogP) is 5.90. The summed E-state index contributed by atoms with van der Waals surface area (Å²) in [4.78, 5) is 18.5. The summed E-state index contributed by atoms with van der Waals surface area (Å²) in [7, 11) is 0. The molecule has 2 aliphatic heterocycles. The highest BCUT2D eigenvalue weighted by Gasteiger charge is 2.35. The monoisotopic (exact) mass is 566 g/mol. The minimum atomic E-state index is -0.260. The van der Waals surface area contributed by atoms with Gasteiger partial charge in [0.05, 0.1) is 23.1 Å². The summed E-state index contributed by atoms with van der Waals surface area (Å²) >= 11 is 5.95. The number of halogens is 1. The summed E-state index contributed by atoms with van der Waals surface area (Å²) < 4.78 is 14.6. The molecule has 2 unspecified atom stereocenters. The van der Waals surface area contributed by atoms with Crippen LogP contribution in [0.5, 0.6) is 0 Å². The van der Waals surface area contributed by atoms with Crippen LogP contribution in [0.15, 0.2) is 90.5 Å². The molecule has 1 fully saturated rings. The van der Waals surface area contributed by atoms with Gasteiger partial charge in [-0.05, 0) is 42.7 Å². The number of nitrogens with one attached hydrogen (secondary N) is 2. The van der Waals surface area contributed by atoms with Crippen LogP contribution >= 0.6 is 12.2 Å².